The number of ketones is 2. The fraction of sp³-hybridized carbons (Fsp3) is 0.250. The van der Waals surface area contributed by atoms with E-state index >= 15 is 0 Å². The van der Waals surface area contributed by atoms with E-state index in [1.807, 2.05) is 6.08 Å². The molecule has 5 aliphatic rings. The second-order valence-electron chi connectivity index (χ2n) is 11.0. The molecule has 2 aliphatic heterocycles. The highest BCUT2D eigenvalue weighted by Gasteiger charge is 2.57. The molecule has 2 aromatic rings. The number of phenolic OH excluding ortho intramolecular Hbond substituents is 1. The standard InChI is InChI=1S/C32H24BrNO6/c1-15-10-25(36)24-13-23-21(7-8-22-28(23)32(39)34(31(22)38)19-4-2-18(33)3-5-19)27(29(24)30(15)37)17-11-16-12-20(35)6-9-26(16)40-14-17/h2-7,9-10,12,14,22-23,27-28,35H,8,11,13H2,1H3. The molecule has 1 saturated heterocycles. The van der Waals surface area contributed by atoms with Gasteiger partial charge in [0.2, 0.25) is 11.8 Å². The number of phenols is 1. The number of imide groups is 1. The maximum atomic E-state index is 14.0. The van der Waals surface area contributed by atoms with E-state index in [-0.39, 0.29) is 35.6 Å². The van der Waals surface area contributed by atoms with Crippen LogP contribution in [0.3, 0.4) is 0 Å². The Morgan fingerprint density at radius 2 is 1.77 bits per heavy atom. The van der Waals surface area contributed by atoms with E-state index in [9.17, 15) is 24.3 Å². The third-order valence-electron chi connectivity index (χ3n) is 8.80. The van der Waals surface area contributed by atoms with Gasteiger partial charge < -0.3 is 9.84 Å². The lowest BCUT2D eigenvalue weighted by atomic mass is 9.58. The molecule has 40 heavy (non-hydrogen) atoms. The van der Waals surface area contributed by atoms with Crippen LogP contribution in [0.25, 0.3) is 0 Å². The van der Waals surface area contributed by atoms with E-state index in [2.05, 4.69) is 15.9 Å². The Bertz CT molecular complexity index is 1680. The molecule has 7 nitrogen and oxygen atoms in total. The van der Waals surface area contributed by atoms with Crippen LogP contribution in [0.2, 0.25) is 0 Å². The Morgan fingerprint density at radius 3 is 2.55 bits per heavy atom. The van der Waals surface area contributed by atoms with E-state index in [1.54, 1.807) is 55.7 Å². The summed E-state index contributed by atoms with van der Waals surface area (Å²) >= 11 is 3.40. The van der Waals surface area contributed by atoms with Gasteiger partial charge in [0.1, 0.15) is 11.5 Å². The Kier molecular flexibility index (Phi) is 5.61. The fourth-order valence-electron chi connectivity index (χ4n) is 7.02. The van der Waals surface area contributed by atoms with Crippen LogP contribution >= 0.6 is 15.9 Å². The molecule has 0 bridgehead atoms. The predicted octanol–water partition coefficient (Wildman–Crippen LogP) is 5.14. The topological polar surface area (TPSA) is 101 Å². The lowest BCUT2D eigenvalue weighted by Crippen LogP contribution is -2.41. The summed E-state index contributed by atoms with van der Waals surface area (Å²) in [4.78, 5) is 55.7. The van der Waals surface area contributed by atoms with Crippen molar-refractivity contribution >= 4 is 45.0 Å². The molecule has 3 aliphatic carbocycles. The molecule has 0 saturated carbocycles. The summed E-state index contributed by atoms with van der Waals surface area (Å²) in [7, 11) is 0. The average Bonchev–Trinajstić information content (AvgIpc) is 3.20. The molecule has 2 aromatic carbocycles. The van der Waals surface area contributed by atoms with Crippen LogP contribution in [0.15, 0.2) is 93.2 Å². The number of allylic oxidation sites excluding steroid dienone is 7. The van der Waals surface area contributed by atoms with E-state index in [0.717, 1.165) is 21.2 Å². The van der Waals surface area contributed by atoms with E-state index in [0.29, 0.717) is 41.0 Å². The summed E-state index contributed by atoms with van der Waals surface area (Å²) in [6.07, 6.45) is 6.01. The Labute approximate surface area is 238 Å². The van der Waals surface area contributed by atoms with Gasteiger partial charge in [-0.1, -0.05) is 27.6 Å². The van der Waals surface area contributed by atoms with Crippen LogP contribution in [-0.4, -0.2) is 28.5 Å². The fourth-order valence-corrected chi connectivity index (χ4v) is 7.28. The Morgan fingerprint density at radius 1 is 1.00 bits per heavy atom. The first-order chi connectivity index (χ1) is 19.2. The molecule has 0 spiro atoms. The number of fused-ring (bicyclic) bond motifs is 4. The molecule has 7 rings (SSSR count). The van der Waals surface area contributed by atoms with Crippen molar-refractivity contribution in [3.8, 4) is 11.5 Å². The lowest BCUT2D eigenvalue weighted by Gasteiger charge is -2.43. The summed E-state index contributed by atoms with van der Waals surface area (Å²) in [5.41, 5.74) is 4.17. The molecule has 4 atom stereocenters. The van der Waals surface area contributed by atoms with Crippen molar-refractivity contribution in [1.29, 1.82) is 0 Å². The molecule has 2 amide bonds. The van der Waals surface area contributed by atoms with Crippen LogP contribution in [0.1, 0.15) is 25.3 Å². The molecule has 0 radical (unpaired) electrons. The van der Waals surface area contributed by atoms with Crippen molar-refractivity contribution in [2.24, 2.45) is 23.7 Å². The summed E-state index contributed by atoms with van der Waals surface area (Å²) in [5.74, 6) is -2.34. The molecule has 8 heteroatoms. The van der Waals surface area contributed by atoms with Gasteiger partial charge >= 0.3 is 0 Å². The largest absolute Gasteiger partial charge is 0.508 e. The van der Waals surface area contributed by atoms with Crippen LogP contribution in [0.4, 0.5) is 5.69 Å². The molecule has 200 valence electrons. The van der Waals surface area contributed by atoms with Gasteiger partial charge in [-0.25, -0.2) is 0 Å². The van der Waals surface area contributed by atoms with Crippen molar-refractivity contribution < 1.29 is 29.0 Å². The number of anilines is 1. The SMILES string of the molecule is CC1=CC(=O)C2=C(C1=O)C(C1=COc3ccc(O)cc3C1)C1=CCC3C(=O)N(c4ccc(Br)cc4)C(=O)C3C1C2. The number of ether oxygens (including phenoxy) is 1. The van der Waals surface area contributed by atoms with Crippen molar-refractivity contribution in [3.05, 3.63) is 98.8 Å². The normalized spacial score (nSPS) is 27.2. The van der Waals surface area contributed by atoms with Gasteiger partial charge in [-0.05, 0) is 79.8 Å². The molecule has 1 fully saturated rings. The van der Waals surface area contributed by atoms with Gasteiger partial charge in [0.25, 0.3) is 0 Å². The summed E-state index contributed by atoms with van der Waals surface area (Å²) < 4.78 is 6.78. The number of Topliss-reactive ketones (excluding diaryl/α,β-unsaturated/α-hetero) is 1. The maximum absolute atomic E-state index is 14.0. The smallest absolute Gasteiger partial charge is 0.238 e. The van der Waals surface area contributed by atoms with Crippen LogP contribution in [-0.2, 0) is 25.6 Å². The maximum Gasteiger partial charge on any atom is 0.238 e. The van der Waals surface area contributed by atoms with Crippen molar-refractivity contribution in [2.75, 3.05) is 4.90 Å². The van der Waals surface area contributed by atoms with E-state index in [1.165, 1.54) is 11.0 Å². The van der Waals surface area contributed by atoms with Gasteiger partial charge in [0, 0.05) is 39.1 Å². The zero-order valence-electron chi connectivity index (χ0n) is 21.5. The number of halogens is 1. The minimum absolute atomic E-state index is 0.107. The molecular weight excluding hydrogens is 574 g/mol. The summed E-state index contributed by atoms with van der Waals surface area (Å²) in [6.45, 7) is 1.65. The quantitative estimate of drug-likeness (QED) is 0.292. The highest BCUT2D eigenvalue weighted by molar-refractivity contribution is 9.10. The Hall–Kier alpha value is -4.04. The molecule has 2 heterocycles. The number of rotatable bonds is 2. The van der Waals surface area contributed by atoms with E-state index in [4.69, 9.17) is 4.74 Å². The number of hydrogen-bond acceptors (Lipinski definition) is 6. The summed E-state index contributed by atoms with van der Waals surface area (Å²) in [6, 6.07) is 11.9. The number of hydrogen-bond donors (Lipinski definition) is 1. The molecular formula is C32H24BrNO6. The van der Waals surface area contributed by atoms with Crippen LogP contribution < -0.4 is 9.64 Å². The number of carbonyl (C=O) groups is 4. The first-order valence-corrected chi connectivity index (χ1v) is 14.0. The molecule has 0 aromatic heterocycles. The van der Waals surface area contributed by atoms with E-state index < -0.39 is 23.7 Å². The number of nitrogens with zero attached hydrogens (tertiary/aromatic N) is 1. The highest BCUT2D eigenvalue weighted by atomic mass is 79.9. The van der Waals surface area contributed by atoms with Crippen LogP contribution in [0, 0.1) is 23.7 Å². The third kappa shape index (κ3) is 3.62. The zero-order chi connectivity index (χ0) is 27.9. The van der Waals surface area contributed by atoms with Crippen LogP contribution in [0.5, 0.6) is 11.5 Å². The molecule has 1 N–H and O–H groups in total. The zero-order valence-corrected chi connectivity index (χ0v) is 23.1. The number of aromatic hydroxyl groups is 1. The van der Waals surface area contributed by atoms with Gasteiger partial charge in [-0.2, -0.15) is 0 Å². The van der Waals surface area contributed by atoms with Gasteiger partial charge in [0.15, 0.2) is 11.6 Å². The lowest BCUT2D eigenvalue weighted by molar-refractivity contribution is -0.123. The van der Waals surface area contributed by atoms with Gasteiger partial charge in [-0.3, -0.25) is 24.1 Å². The predicted molar refractivity (Wildman–Crippen MR) is 149 cm³/mol. The highest BCUT2D eigenvalue weighted by Crippen LogP contribution is 2.55. The number of benzene rings is 2. The summed E-state index contributed by atoms with van der Waals surface area (Å²) in [5, 5.41) is 10.1. The number of amides is 2. The minimum Gasteiger partial charge on any atom is -0.508 e. The number of carbonyl (C=O) groups excluding carboxylic acids is 4. The monoisotopic (exact) mass is 597 g/mol. The first kappa shape index (κ1) is 25.0. The second kappa shape index (κ2) is 8.99. The minimum atomic E-state index is -0.635. The van der Waals surface area contributed by atoms with Crippen molar-refractivity contribution in [1.82, 2.24) is 0 Å². The molecule has 4 unspecified atom stereocenters. The second-order valence-corrected chi connectivity index (χ2v) is 11.9. The average molecular weight is 598 g/mol. The third-order valence-corrected chi connectivity index (χ3v) is 9.32. The van der Waals surface area contributed by atoms with Crippen molar-refractivity contribution in [2.45, 2.75) is 26.2 Å². The first-order valence-electron chi connectivity index (χ1n) is 13.2. The van der Waals surface area contributed by atoms with Gasteiger partial charge in [0.05, 0.1) is 23.8 Å². The Balaban J connectivity index is 1.33. The van der Waals surface area contributed by atoms with Gasteiger partial charge in [-0.15, -0.1) is 0 Å². The van der Waals surface area contributed by atoms with Crippen molar-refractivity contribution in [3.63, 3.8) is 0 Å².